The zero-order valence-corrected chi connectivity index (χ0v) is 15.6. The highest BCUT2D eigenvalue weighted by atomic mass is 32.1. The van der Waals surface area contributed by atoms with Crippen molar-refractivity contribution in [2.45, 2.75) is 26.4 Å². The summed E-state index contributed by atoms with van der Waals surface area (Å²) in [6.45, 7) is 7.32. The molecule has 0 radical (unpaired) electrons. The zero-order chi connectivity index (χ0) is 18.6. The predicted octanol–water partition coefficient (Wildman–Crippen LogP) is 2.04. The van der Waals surface area contributed by atoms with Crippen molar-refractivity contribution in [3.63, 3.8) is 0 Å². The second-order valence-electron chi connectivity index (χ2n) is 6.83. The third-order valence-electron chi connectivity index (χ3n) is 3.60. The number of anilines is 1. The van der Waals surface area contributed by atoms with Gasteiger partial charge in [0, 0.05) is 37.4 Å². The van der Waals surface area contributed by atoms with Gasteiger partial charge in [-0.25, -0.2) is 4.79 Å². The number of nitrogens with two attached hydrogens (primary N) is 1. The van der Waals surface area contributed by atoms with Crippen LogP contribution in [-0.2, 0) is 4.74 Å². The summed E-state index contributed by atoms with van der Waals surface area (Å²) in [6.07, 6.45) is -0.345. The van der Waals surface area contributed by atoms with Gasteiger partial charge in [-0.3, -0.25) is 4.79 Å². The van der Waals surface area contributed by atoms with Crippen molar-refractivity contribution in [3.05, 3.63) is 29.8 Å². The number of amides is 2. The van der Waals surface area contributed by atoms with Gasteiger partial charge < -0.3 is 25.6 Å². The molecule has 1 aromatic carbocycles. The molecular weight excluding hydrogens is 340 g/mol. The summed E-state index contributed by atoms with van der Waals surface area (Å²) in [5.74, 6) is -0.0876. The number of piperazine rings is 1. The van der Waals surface area contributed by atoms with Gasteiger partial charge in [-0.05, 0) is 51.2 Å². The second-order valence-corrected chi connectivity index (χ2v) is 7.27. The number of ether oxygens (including phenoxy) is 1. The fraction of sp³-hybridized carbons (Fsp3) is 0.471. The molecule has 1 fully saturated rings. The van der Waals surface area contributed by atoms with Gasteiger partial charge in [0.05, 0.1) is 0 Å². The molecule has 0 aromatic heterocycles. The van der Waals surface area contributed by atoms with Crippen molar-refractivity contribution in [2.24, 2.45) is 5.73 Å². The van der Waals surface area contributed by atoms with Gasteiger partial charge in [0.15, 0.2) is 5.11 Å². The predicted molar refractivity (Wildman–Crippen MR) is 101 cm³/mol. The fourth-order valence-electron chi connectivity index (χ4n) is 2.47. The highest BCUT2D eigenvalue weighted by Gasteiger charge is 2.28. The van der Waals surface area contributed by atoms with Crippen LogP contribution in [0.1, 0.15) is 31.1 Å². The first-order chi connectivity index (χ1) is 11.7. The van der Waals surface area contributed by atoms with Gasteiger partial charge in [0.25, 0.3) is 5.91 Å². The molecule has 1 heterocycles. The first-order valence-electron chi connectivity index (χ1n) is 8.09. The van der Waals surface area contributed by atoms with E-state index in [4.69, 9.17) is 22.7 Å². The minimum Gasteiger partial charge on any atom is -0.444 e. The quantitative estimate of drug-likeness (QED) is 0.781. The molecule has 0 aliphatic carbocycles. The molecule has 1 saturated heterocycles. The van der Waals surface area contributed by atoms with Crippen LogP contribution >= 0.6 is 12.2 Å². The molecule has 1 aliphatic rings. The van der Waals surface area contributed by atoms with E-state index in [9.17, 15) is 9.59 Å². The van der Waals surface area contributed by atoms with E-state index in [1.807, 2.05) is 20.8 Å². The van der Waals surface area contributed by atoms with E-state index >= 15 is 0 Å². The van der Waals surface area contributed by atoms with Crippen molar-refractivity contribution in [1.29, 1.82) is 0 Å². The van der Waals surface area contributed by atoms with Crippen molar-refractivity contribution < 1.29 is 14.3 Å². The number of benzene rings is 1. The number of carbonyl (C=O) groups excluding carboxylic acids is 2. The summed E-state index contributed by atoms with van der Waals surface area (Å²) in [6, 6.07) is 7.01. The van der Waals surface area contributed by atoms with E-state index in [0.717, 1.165) is 0 Å². The number of rotatable bonds is 2. The summed E-state index contributed by atoms with van der Waals surface area (Å²) in [5.41, 5.74) is 6.15. The normalized spacial score (nSPS) is 14.8. The van der Waals surface area contributed by atoms with E-state index < -0.39 is 5.60 Å². The molecule has 7 nitrogen and oxygen atoms in total. The largest absolute Gasteiger partial charge is 0.444 e. The second kappa shape index (κ2) is 7.69. The Kier molecular flexibility index (Phi) is 5.84. The number of hydrogen-bond acceptors (Lipinski definition) is 4. The maximum atomic E-state index is 12.6. The molecule has 2 amide bonds. The lowest BCUT2D eigenvalue weighted by atomic mass is 10.1. The van der Waals surface area contributed by atoms with Crippen molar-refractivity contribution in [3.8, 4) is 0 Å². The fourth-order valence-corrected chi connectivity index (χ4v) is 2.59. The molecule has 136 valence electrons. The average molecular weight is 364 g/mol. The smallest absolute Gasteiger partial charge is 0.410 e. The number of hydrogen-bond donors (Lipinski definition) is 2. The number of thiocarbonyl (C=S) groups is 1. The molecule has 1 aliphatic heterocycles. The first-order valence-corrected chi connectivity index (χ1v) is 8.50. The Labute approximate surface area is 153 Å². The summed E-state index contributed by atoms with van der Waals surface area (Å²) in [7, 11) is 0. The van der Waals surface area contributed by atoms with E-state index in [2.05, 4.69) is 5.32 Å². The van der Waals surface area contributed by atoms with Gasteiger partial charge >= 0.3 is 6.09 Å². The third kappa shape index (κ3) is 5.60. The van der Waals surface area contributed by atoms with Crippen LogP contribution in [0.2, 0.25) is 0 Å². The van der Waals surface area contributed by atoms with Crippen LogP contribution in [0, 0.1) is 0 Å². The standard InChI is InChI=1S/C17H24N4O3S/c1-17(2,3)24-16(23)21-9-7-20(8-10-21)14(22)12-5-4-6-13(11-12)19-15(18)25/h4-6,11H,7-10H2,1-3H3,(H3,18,19,25). The van der Waals surface area contributed by atoms with E-state index in [1.165, 1.54) is 0 Å². The molecule has 0 unspecified atom stereocenters. The molecule has 0 bridgehead atoms. The lowest BCUT2D eigenvalue weighted by molar-refractivity contribution is 0.0141. The first kappa shape index (κ1) is 19.0. The minimum absolute atomic E-state index is 0.0876. The lowest BCUT2D eigenvalue weighted by Gasteiger charge is -2.35. The van der Waals surface area contributed by atoms with E-state index in [-0.39, 0.29) is 17.1 Å². The summed E-state index contributed by atoms with van der Waals surface area (Å²) in [5, 5.41) is 2.96. The zero-order valence-electron chi connectivity index (χ0n) is 14.7. The Morgan fingerprint density at radius 3 is 2.32 bits per heavy atom. The Morgan fingerprint density at radius 1 is 1.16 bits per heavy atom. The van der Waals surface area contributed by atoms with Gasteiger partial charge in [0.1, 0.15) is 5.60 Å². The van der Waals surface area contributed by atoms with Crippen LogP contribution in [0.3, 0.4) is 0 Å². The van der Waals surface area contributed by atoms with Crippen LogP contribution in [0.25, 0.3) is 0 Å². The number of nitrogens with zero attached hydrogens (tertiary/aromatic N) is 2. The Balaban J connectivity index is 1.95. The van der Waals surface area contributed by atoms with Gasteiger partial charge in [-0.15, -0.1) is 0 Å². The van der Waals surface area contributed by atoms with Crippen LogP contribution in [0.15, 0.2) is 24.3 Å². The third-order valence-corrected chi connectivity index (χ3v) is 3.70. The van der Waals surface area contributed by atoms with Crippen LogP contribution in [0.4, 0.5) is 10.5 Å². The molecule has 0 atom stereocenters. The SMILES string of the molecule is CC(C)(C)OC(=O)N1CCN(C(=O)c2cccc(NC(N)=S)c2)CC1. The lowest BCUT2D eigenvalue weighted by Crippen LogP contribution is -2.51. The Hall–Kier alpha value is -2.35. The molecule has 3 N–H and O–H groups in total. The average Bonchev–Trinajstić information content (AvgIpc) is 2.52. The highest BCUT2D eigenvalue weighted by molar-refractivity contribution is 7.80. The van der Waals surface area contributed by atoms with E-state index in [0.29, 0.717) is 37.4 Å². The van der Waals surface area contributed by atoms with Crippen molar-refractivity contribution in [1.82, 2.24) is 9.80 Å². The summed E-state index contributed by atoms with van der Waals surface area (Å²) in [4.78, 5) is 28.1. The van der Waals surface area contributed by atoms with Gasteiger partial charge in [-0.1, -0.05) is 6.07 Å². The monoisotopic (exact) mass is 364 g/mol. The Morgan fingerprint density at radius 2 is 1.76 bits per heavy atom. The van der Waals surface area contributed by atoms with Gasteiger partial charge in [0.2, 0.25) is 0 Å². The molecule has 25 heavy (non-hydrogen) atoms. The van der Waals surface area contributed by atoms with Crippen LogP contribution in [-0.4, -0.2) is 58.7 Å². The summed E-state index contributed by atoms with van der Waals surface area (Å²) < 4.78 is 5.36. The van der Waals surface area contributed by atoms with Crippen molar-refractivity contribution >= 4 is 35.0 Å². The van der Waals surface area contributed by atoms with Crippen LogP contribution < -0.4 is 11.1 Å². The molecule has 0 spiro atoms. The molecule has 1 aromatic rings. The summed E-state index contributed by atoms with van der Waals surface area (Å²) >= 11 is 4.81. The Bertz CT molecular complexity index is 664. The maximum Gasteiger partial charge on any atom is 0.410 e. The molecule has 8 heteroatoms. The molecular formula is C17H24N4O3S. The van der Waals surface area contributed by atoms with E-state index in [1.54, 1.807) is 34.1 Å². The molecule has 0 saturated carbocycles. The topological polar surface area (TPSA) is 87.9 Å². The number of carbonyl (C=O) groups is 2. The van der Waals surface area contributed by atoms with Crippen LogP contribution in [0.5, 0.6) is 0 Å². The number of nitrogens with one attached hydrogen (secondary N) is 1. The highest BCUT2D eigenvalue weighted by Crippen LogP contribution is 2.16. The minimum atomic E-state index is -0.527. The van der Waals surface area contributed by atoms with Gasteiger partial charge in [-0.2, -0.15) is 0 Å². The maximum absolute atomic E-state index is 12.6. The molecule has 2 rings (SSSR count). The van der Waals surface area contributed by atoms with Crippen molar-refractivity contribution in [2.75, 3.05) is 31.5 Å².